The third kappa shape index (κ3) is 4.08. The summed E-state index contributed by atoms with van der Waals surface area (Å²) in [5.41, 5.74) is 3.97. The normalized spacial score (nSPS) is 20.5. The first-order valence-corrected chi connectivity index (χ1v) is 12.4. The first-order valence-electron chi connectivity index (χ1n) is 11.2. The smallest absolute Gasteiger partial charge is 0.407 e. The lowest BCUT2D eigenvalue weighted by Crippen LogP contribution is -2.57. The van der Waals surface area contributed by atoms with Gasteiger partial charge in [-0.25, -0.2) is 9.59 Å². The highest BCUT2D eigenvalue weighted by Crippen LogP contribution is 2.44. The minimum absolute atomic E-state index is 0.0277. The van der Waals surface area contributed by atoms with Gasteiger partial charge >= 0.3 is 12.1 Å². The van der Waals surface area contributed by atoms with Crippen molar-refractivity contribution in [1.82, 2.24) is 10.2 Å². The monoisotopic (exact) mass is 466 g/mol. The van der Waals surface area contributed by atoms with Gasteiger partial charge in [0.25, 0.3) is 0 Å². The second-order valence-electron chi connectivity index (χ2n) is 8.98. The van der Waals surface area contributed by atoms with Crippen molar-refractivity contribution in [3.63, 3.8) is 0 Å². The second-order valence-corrected chi connectivity index (χ2v) is 9.98. The van der Waals surface area contributed by atoms with E-state index in [1.54, 1.807) is 0 Å². The van der Waals surface area contributed by atoms with Crippen LogP contribution in [0.4, 0.5) is 4.79 Å². The van der Waals surface area contributed by atoms with Crippen LogP contribution >= 0.6 is 11.8 Å². The summed E-state index contributed by atoms with van der Waals surface area (Å²) in [6.07, 6.45) is 1.84. The predicted octanol–water partition coefficient (Wildman–Crippen LogP) is 3.82. The van der Waals surface area contributed by atoms with Gasteiger partial charge < -0.3 is 20.1 Å². The Labute approximate surface area is 196 Å². The lowest BCUT2D eigenvalue weighted by molar-refractivity contribution is -0.148. The second kappa shape index (κ2) is 8.74. The van der Waals surface area contributed by atoms with E-state index in [4.69, 9.17) is 4.74 Å². The summed E-state index contributed by atoms with van der Waals surface area (Å²) < 4.78 is 5.66. The molecule has 1 saturated heterocycles. The number of nitrogens with one attached hydrogen (secondary N) is 1. The highest BCUT2D eigenvalue weighted by molar-refractivity contribution is 7.99. The van der Waals surface area contributed by atoms with Crippen LogP contribution in [-0.4, -0.2) is 57.8 Å². The Kier molecular flexibility index (Phi) is 5.78. The molecule has 1 atom stereocenters. The number of carbonyl (C=O) groups is 3. The number of carboxylic acid groups (broad SMARTS) is 1. The van der Waals surface area contributed by atoms with Crippen LogP contribution in [0.25, 0.3) is 11.1 Å². The molecule has 2 N–H and O–H groups in total. The van der Waals surface area contributed by atoms with Crippen molar-refractivity contribution < 1.29 is 24.2 Å². The van der Waals surface area contributed by atoms with Crippen molar-refractivity contribution in [3.05, 3.63) is 59.7 Å². The summed E-state index contributed by atoms with van der Waals surface area (Å²) in [4.78, 5) is 38.4. The van der Waals surface area contributed by atoms with Gasteiger partial charge in [0.15, 0.2) is 0 Å². The van der Waals surface area contributed by atoms with Crippen molar-refractivity contribution >= 4 is 29.7 Å². The standard InChI is InChI=1S/C25H26N2O5S/c28-22(27-15-33-14-21(27)23(29)30)12-25(10-5-11-25)26-24(31)32-13-20-18-8-3-1-6-16(18)17-7-2-4-9-19(17)20/h1-4,6-9,20-21H,5,10-15H2,(H,26,31)(H,29,30). The topological polar surface area (TPSA) is 95.9 Å². The summed E-state index contributed by atoms with van der Waals surface area (Å²) in [6.45, 7) is 0.216. The van der Waals surface area contributed by atoms with Crippen LogP contribution < -0.4 is 5.32 Å². The molecule has 0 spiro atoms. The van der Waals surface area contributed by atoms with Crippen molar-refractivity contribution in [2.45, 2.75) is 43.2 Å². The van der Waals surface area contributed by atoms with Crippen molar-refractivity contribution in [3.8, 4) is 11.1 Å². The number of carboxylic acids is 1. The lowest BCUT2D eigenvalue weighted by atomic mass is 9.74. The molecule has 2 amide bonds. The van der Waals surface area contributed by atoms with Crippen LogP contribution in [0.5, 0.6) is 0 Å². The van der Waals surface area contributed by atoms with Gasteiger partial charge in [0.1, 0.15) is 12.6 Å². The van der Waals surface area contributed by atoms with Gasteiger partial charge in [0.05, 0.1) is 17.8 Å². The summed E-state index contributed by atoms with van der Waals surface area (Å²) in [5.74, 6) is -0.475. The molecule has 2 fully saturated rings. The molecule has 5 rings (SSSR count). The maximum Gasteiger partial charge on any atom is 0.407 e. The molecule has 1 heterocycles. The molecule has 1 saturated carbocycles. The maximum atomic E-state index is 12.8. The van der Waals surface area contributed by atoms with E-state index in [1.165, 1.54) is 27.8 Å². The van der Waals surface area contributed by atoms with Gasteiger partial charge in [0, 0.05) is 11.7 Å². The molecule has 0 aromatic heterocycles. The number of alkyl carbamates (subject to hydrolysis) is 1. The minimum Gasteiger partial charge on any atom is -0.480 e. The number of hydrogen-bond donors (Lipinski definition) is 2. The number of nitrogens with zero attached hydrogens (tertiary/aromatic N) is 1. The number of benzene rings is 2. The fraction of sp³-hybridized carbons (Fsp3) is 0.400. The van der Waals surface area contributed by atoms with Crippen molar-refractivity contribution in [2.24, 2.45) is 0 Å². The Hall–Kier alpha value is -3.00. The molecule has 1 unspecified atom stereocenters. The molecule has 0 bridgehead atoms. The Morgan fingerprint density at radius 3 is 2.27 bits per heavy atom. The average Bonchev–Trinajstić information content (AvgIpc) is 3.40. The number of hydrogen-bond acceptors (Lipinski definition) is 5. The zero-order valence-electron chi connectivity index (χ0n) is 18.2. The van der Waals surface area contributed by atoms with Crippen LogP contribution in [0.15, 0.2) is 48.5 Å². The van der Waals surface area contributed by atoms with Gasteiger partial charge in [-0.2, -0.15) is 0 Å². The zero-order valence-corrected chi connectivity index (χ0v) is 19.0. The van der Waals surface area contributed by atoms with Crippen LogP contribution in [-0.2, 0) is 14.3 Å². The number of aliphatic carboxylic acids is 1. The van der Waals surface area contributed by atoms with E-state index in [9.17, 15) is 19.5 Å². The average molecular weight is 467 g/mol. The van der Waals surface area contributed by atoms with E-state index in [-0.39, 0.29) is 24.9 Å². The number of rotatable bonds is 6. The molecule has 3 aliphatic rings. The maximum absolute atomic E-state index is 12.8. The molecule has 7 nitrogen and oxygen atoms in total. The van der Waals surface area contributed by atoms with E-state index in [0.29, 0.717) is 24.5 Å². The molecular formula is C25H26N2O5S. The van der Waals surface area contributed by atoms with Crippen molar-refractivity contribution in [2.75, 3.05) is 18.2 Å². The fourth-order valence-electron chi connectivity index (χ4n) is 5.08. The zero-order chi connectivity index (χ0) is 23.0. The van der Waals surface area contributed by atoms with Crippen molar-refractivity contribution in [1.29, 1.82) is 0 Å². The summed E-state index contributed by atoms with van der Waals surface area (Å²) in [6, 6.07) is 15.5. The summed E-state index contributed by atoms with van der Waals surface area (Å²) in [7, 11) is 0. The fourth-order valence-corrected chi connectivity index (χ4v) is 6.26. The van der Waals surface area contributed by atoms with Crippen LogP contribution in [0.1, 0.15) is 42.7 Å². The first kappa shape index (κ1) is 21.8. The van der Waals surface area contributed by atoms with E-state index < -0.39 is 23.6 Å². The lowest BCUT2D eigenvalue weighted by Gasteiger charge is -2.42. The molecular weight excluding hydrogens is 440 g/mol. The number of thioether (sulfide) groups is 1. The van der Waals surface area contributed by atoms with E-state index in [2.05, 4.69) is 29.6 Å². The molecule has 172 valence electrons. The van der Waals surface area contributed by atoms with Gasteiger partial charge in [-0.3, -0.25) is 4.79 Å². The summed E-state index contributed by atoms with van der Waals surface area (Å²) in [5, 5.41) is 12.3. The Morgan fingerprint density at radius 1 is 1.06 bits per heavy atom. The Balaban J connectivity index is 1.23. The van der Waals surface area contributed by atoms with E-state index >= 15 is 0 Å². The number of ether oxygens (including phenoxy) is 1. The number of fused-ring (bicyclic) bond motifs is 3. The number of amides is 2. The first-order chi connectivity index (χ1) is 16.0. The third-order valence-electron chi connectivity index (χ3n) is 7.00. The van der Waals surface area contributed by atoms with Gasteiger partial charge in [-0.05, 0) is 41.5 Å². The molecule has 33 heavy (non-hydrogen) atoms. The molecule has 2 aliphatic carbocycles. The van der Waals surface area contributed by atoms with Gasteiger partial charge in [-0.1, -0.05) is 48.5 Å². The van der Waals surface area contributed by atoms with Crippen LogP contribution in [0.3, 0.4) is 0 Å². The molecule has 8 heteroatoms. The molecule has 0 radical (unpaired) electrons. The summed E-state index contributed by atoms with van der Waals surface area (Å²) >= 11 is 1.44. The molecule has 1 aliphatic heterocycles. The number of carbonyl (C=O) groups excluding carboxylic acids is 2. The SMILES string of the molecule is O=C(NC1(CC(=O)N2CSCC2C(=O)O)CCC1)OCC1c2ccccc2-c2ccccc21. The van der Waals surface area contributed by atoms with Crippen LogP contribution in [0, 0.1) is 0 Å². The van der Waals surface area contributed by atoms with E-state index in [1.807, 2.05) is 24.3 Å². The third-order valence-corrected chi connectivity index (χ3v) is 8.01. The predicted molar refractivity (Wildman–Crippen MR) is 125 cm³/mol. The minimum atomic E-state index is -0.986. The molecule has 2 aromatic carbocycles. The van der Waals surface area contributed by atoms with Gasteiger partial charge in [0.2, 0.25) is 5.91 Å². The Morgan fingerprint density at radius 2 is 1.70 bits per heavy atom. The Bertz CT molecular complexity index is 1050. The molecule has 2 aromatic rings. The van der Waals surface area contributed by atoms with Gasteiger partial charge in [-0.15, -0.1) is 11.8 Å². The highest BCUT2D eigenvalue weighted by atomic mass is 32.2. The largest absolute Gasteiger partial charge is 0.480 e. The quantitative estimate of drug-likeness (QED) is 0.672. The van der Waals surface area contributed by atoms with E-state index in [0.717, 1.165) is 17.5 Å². The van der Waals surface area contributed by atoms with Crippen LogP contribution in [0.2, 0.25) is 0 Å². The highest BCUT2D eigenvalue weighted by Gasteiger charge is 2.44.